The first kappa shape index (κ1) is 9.46. The maximum Gasteiger partial charge on any atom is 0.165 e. The van der Waals surface area contributed by atoms with Crippen LogP contribution in [0.25, 0.3) is 0 Å². The van der Waals surface area contributed by atoms with Crippen LogP contribution < -0.4 is 0 Å². The maximum absolute atomic E-state index is 11.6. The van der Waals surface area contributed by atoms with Gasteiger partial charge in [0.2, 0.25) is 0 Å². The second-order valence-corrected chi connectivity index (χ2v) is 4.84. The third-order valence-electron chi connectivity index (χ3n) is 2.15. The van der Waals surface area contributed by atoms with E-state index in [-0.39, 0.29) is 11.7 Å². The number of ketones is 1. The fraction of sp³-hybridized carbons (Fsp3) is 0.300. The molecule has 0 amide bonds. The Morgan fingerprint density at radius 2 is 2.15 bits per heavy atom. The van der Waals surface area contributed by atoms with Gasteiger partial charge in [0.15, 0.2) is 5.78 Å². The molecular weight excluding hydrogens is 298 g/mol. The zero-order chi connectivity index (χ0) is 9.42. The Hall–Kier alpha value is -0.0900. The molecule has 0 saturated heterocycles. The molecule has 13 heavy (non-hydrogen) atoms. The Morgan fingerprint density at radius 3 is 2.69 bits per heavy atom. The Balaban J connectivity index is 2.30. The van der Waals surface area contributed by atoms with Gasteiger partial charge in [-0.2, -0.15) is 0 Å². The summed E-state index contributed by atoms with van der Waals surface area (Å²) in [6.45, 7) is 0. The van der Waals surface area contributed by atoms with Crippen molar-refractivity contribution in [2.75, 3.05) is 0 Å². The summed E-state index contributed by atoms with van der Waals surface area (Å²) in [6.07, 6.45) is 2.09. The summed E-state index contributed by atoms with van der Waals surface area (Å²) in [5.41, 5.74) is 0.757. The molecule has 1 nitrogen and oxygen atoms in total. The predicted molar refractivity (Wildman–Crippen MR) is 61.2 cm³/mol. The van der Waals surface area contributed by atoms with E-state index in [1.807, 2.05) is 12.1 Å². The number of carbonyl (C=O) groups is 1. The second kappa shape index (κ2) is 3.58. The van der Waals surface area contributed by atoms with Crippen LogP contribution in [-0.2, 0) is 0 Å². The molecule has 1 saturated carbocycles. The number of Topliss-reactive ketones (excluding diaryl/α,β-unsaturated/α-hetero) is 1. The van der Waals surface area contributed by atoms with E-state index in [4.69, 9.17) is 11.6 Å². The molecule has 68 valence electrons. The van der Waals surface area contributed by atoms with Gasteiger partial charge in [-0.1, -0.05) is 17.7 Å². The van der Waals surface area contributed by atoms with Crippen molar-refractivity contribution in [3.8, 4) is 0 Å². The Morgan fingerprint density at radius 1 is 1.46 bits per heavy atom. The molecule has 0 heterocycles. The van der Waals surface area contributed by atoms with Gasteiger partial charge in [-0.15, -0.1) is 0 Å². The topological polar surface area (TPSA) is 17.1 Å². The lowest BCUT2D eigenvalue weighted by atomic mass is 10.1. The van der Waals surface area contributed by atoms with Crippen molar-refractivity contribution in [1.82, 2.24) is 0 Å². The van der Waals surface area contributed by atoms with Crippen molar-refractivity contribution in [3.05, 3.63) is 32.4 Å². The zero-order valence-electron chi connectivity index (χ0n) is 6.89. The number of hydrogen-bond donors (Lipinski definition) is 0. The summed E-state index contributed by atoms with van der Waals surface area (Å²) in [6, 6.07) is 5.51. The number of rotatable bonds is 2. The minimum atomic E-state index is 0.248. The van der Waals surface area contributed by atoms with Gasteiger partial charge in [0.05, 0.1) is 5.02 Å². The minimum absolute atomic E-state index is 0.248. The minimum Gasteiger partial charge on any atom is -0.294 e. The van der Waals surface area contributed by atoms with Crippen LogP contribution in [0.15, 0.2) is 18.2 Å². The lowest BCUT2D eigenvalue weighted by Gasteiger charge is -2.00. The first-order valence-electron chi connectivity index (χ1n) is 4.18. The van der Waals surface area contributed by atoms with Crippen molar-refractivity contribution in [2.45, 2.75) is 12.8 Å². The number of benzene rings is 1. The van der Waals surface area contributed by atoms with Crippen molar-refractivity contribution >= 4 is 40.0 Å². The van der Waals surface area contributed by atoms with E-state index < -0.39 is 0 Å². The SMILES string of the molecule is O=C(c1ccc(I)c(Cl)c1)C1CC1. The molecule has 0 atom stereocenters. The molecule has 1 aromatic rings. The first-order chi connectivity index (χ1) is 6.18. The van der Waals surface area contributed by atoms with Gasteiger partial charge >= 0.3 is 0 Å². The van der Waals surface area contributed by atoms with E-state index in [1.54, 1.807) is 6.07 Å². The highest BCUT2D eigenvalue weighted by Crippen LogP contribution is 2.33. The summed E-state index contributed by atoms with van der Waals surface area (Å²) in [5, 5.41) is 0.673. The van der Waals surface area contributed by atoms with Gasteiger partial charge in [0, 0.05) is 15.1 Å². The van der Waals surface area contributed by atoms with Crippen LogP contribution >= 0.6 is 34.2 Å². The van der Waals surface area contributed by atoms with Gasteiger partial charge in [-0.3, -0.25) is 4.79 Å². The summed E-state index contributed by atoms with van der Waals surface area (Å²) >= 11 is 8.08. The zero-order valence-corrected chi connectivity index (χ0v) is 9.80. The molecule has 0 aliphatic heterocycles. The highest BCUT2D eigenvalue weighted by molar-refractivity contribution is 14.1. The largest absolute Gasteiger partial charge is 0.294 e. The van der Waals surface area contributed by atoms with Gasteiger partial charge in [-0.25, -0.2) is 0 Å². The van der Waals surface area contributed by atoms with E-state index in [1.165, 1.54) is 0 Å². The third kappa shape index (κ3) is 2.05. The Kier molecular flexibility index (Phi) is 2.60. The van der Waals surface area contributed by atoms with E-state index in [9.17, 15) is 4.79 Å². The quantitative estimate of drug-likeness (QED) is 0.603. The molecule has 1 fully saturated rings. The molecule has 0 radical (unpaired) electrons. The lowest BCUT2D eigenvalue weighted by molar-refractivity contribution is 0.0967. The van der Waals surface area contributed by atoms with Gasteiger partial charge in [-0.05, 0) is 47.6 Å². The van der Waals surface area contributed by atoms with Crippen LogP contribution in [0, 0.1) is 9.49 Å². The van der Waals surface area contributed by atoms with Crippen LogP contribution in [0.5, 0.6) is 0 Å². The molecule has 0 N–H and O–H groups in total. The fourth-order valence-corrected chi connectivity index (χ4v) is 1.75. The highest BCUT2D eigenvalue weighted by Gasteiger charge is 2.30. The van der Waals surface area contributed by atoms with Crippen LogP contribution in [0.2, 0.25) is 5.02 Å². The number of hydrogen-bond acceptors (Lipinski definition) is 1. The van der Waals surface area contributed by atoms with Crippen LogP contribution in [0.3, 0.4) is 0 Å². The maximum atomic E-state index is 11.6. The monoisotopic (exact) mass is 306 g/mol. The summed E-state index contributed by atoms with van der Waals surface area (Å²) < 4.78 is 0.992. The molecule has 1 aliphatic rings. The van der Waals surface area contributed by atoms with Crippen molar-refractivity contribution in [3.63, 3.8) is 0 Å². The van der Waals surface area contributed by atoms with Gasteiger partial charge < -0.3 is 0 Å². The smallest absolute Gasteiger partial charge is 0.165 e. The third-order valence-corrected chi connectivity index (χ3v) is 3.72. The Labute approximate surface area is 95.6 Å². The molecule has 0 aromatic heterocycles. The molecular formula is C10H8ClIO. The highest BCUT2D eigenvalue weighted by atomic mass is 127. The standard InChI is InChI=1S/C10H8ClIO/c11-8-5-7(3-4-9(8)12)10(13)6-1-2-6/h3-6H,1-2H2. The summed E-state index contributed by atoms with van der Waals surface area (Å²) in [4.78, 5) is 11.6. The normalized spacial score (nSPS) is 15.8. The number of carbonyl (C=O) groups excluding carboxylic acids is 1. The number of halogens is 2. The summed E-state index contributed by atoms with van der Waals surface area (Å²) in [5.74, 6) is 0.523. The van der Waals surface area contributed by atoms with Crippen molar-refractivity contribution < 1.29 is 4.79 Å². The van der Waals surface area contributed by atoms with Crippen LogP contribution in [-0.4, -0.2) is 5.78 Å². The van der Waals surface area contributed by atoms with Crippen LogP contribution in [0.4, 0.5) is 0 Å². The average Bonchev–Trinajstić information content (AvgIpc) is 2.91. The molecule has 0 unspecified atom stereocenters. The molecule has 1 aliphatic carbocycles. The summed E-state index contributed by atoms with van der Waals surface area (Å²) in [7, 11) is 0. The molecule has 1 aromatic carbocycles. The molecule has 0 spiro atoms. The van der Waals surface area contributed by atoms with Gasteiger partial charge in [0.1, 0.15) is 0 Å². The van der Waals surface area contributed by atoms with E-state index in [0.29, 0.717) is 5.02 Å². The van der Waals surface area contributed by atoms with Crippen molar-refractivity contribution in [2.24, 2.45) is 5.92 Å². The van der Waals surface area contributed by atoms with E-state index >= 15 is 0 Å². The predicted octanol–water partition coefficient (Wildman–Crippen LogP) is 3.54. The Bertz CT molecular complexity index is 358. The first-order valence-corrected chi connectivity index (χ1v) is 5.63. The molecule has 0 bridgehead atoms. The van der Waals surface area contributed by atoms with Crippen molar-refractivity contribution in [1.29, 1.82) is 0 Å². The second-order valence-electron chi connectivity index (χ2n) is 3.27. The fourth-order valence-electron chi connectivity index (χ4n) is 1.23. The van der Waals surface area contributed by atoms with E-state index in [2.05, 4.69) is 22.6 Å². The molecule has 2 rings (SSSR count). The van der Waals surface area contributed by atoms with Crippen LogP contribution in [0.1, 0.15) is 23.2 Å². The molecule has 3 heteroatoms. The average molecular weight is 307 g/mol. The van der Waals surface area contributed by atoms with Gasteiger partial charge in [0.25, 0.3) is 0 Å². The van der Waals surface area contributed by atoms with E-state index in [0.717, 1.165) is 22.0 Å². The lowest BCUT2D eigenvalue weighted by Crippen LogP contribution is -2.00.